The van der Waals surface area contributed by atoms with E-state index >= 15 is 0 Å². The molecule has 214 valence electrons. The normalized spacial score (nSPS) is 19.5. The Morgan fingerprint density at radius 3 is 1.79 bits per heavy atom. The zero-order valence-corrected chi connectivity index (χ0v) is 22.6. The van der Waals surface area contributed by atoms with E-state index in [0.29, 0.717) is 0 Å². The molecule has 4 aromatic rings. The monoisotopic (exact) mass is 590 g/mol. The maximum absolute atomic E-state index is 14.5. The average Bonchev–Trinajstić information content (AvgIpc) is 3.34. The Kier molecular flexibility index (Phi) is 8.65. The number of carbonyl (C=O) groups excluding carboxylic acids is 3. The largest absolute Gasteiger partial charge is 0.459 e. The highest BCUT2D eigenvalue weighted by atomic mass is 32.1. The van der Waals surface area contributed by atoms with Gasteiger partial charge in [-0.15, -0.1) is 0 Å². The fraction of sp³-hybridized carbons (Fsp3) is 0.167. The van der Waals surface area contributed by atoms with Gasteiger partial charge in [0.1, 0.15) is 17.4 Å². The van der Waals surface area contributed by atoms with E-state index < -0.39 is 65.2 Å². The number of ether oxygens (including phenoxy) is 4. The van der Waals surface area contributed by atoms with Crippen LogP contribution in [0, 0.1) is 10.5 Å². The molecule has 10 nitrogen and oxygen atoms in total. The van der Waals surface area contributed by atoms with Crippen LogP contribution in [-0.2, 0) is 18.9 Å². The van der Waals surface area contributed by atoms with Crippen molar-refractivity contribution in [2.45, 2.75) is 24.5 Å². The van der Waals surface area contributed by atoms with E-state index in [1.54, 1.807) is 66.7 Å². The Labute approximate surface area is 243 Å². The van der Waals surface area contributed by atoms with Crippen molar-refractivity contribution in [2.75, 3.05) is 6.61 Å². The lowest BCUT2D eigenvalue weighted by molar-refractivity contribution is -0.0643. The predicted molar refractivity (Wildman–Crippen MR) is 148 cm³/mol. The third kappa shape index (κ3) is 6.35. The van der Waals surface area contributed by atoms with Gasteiger partial charge in [-0.3, -0.25) is 9.55 Å². The second-order valence-electron chi connectivity index (χ2n) is 9.15. The third-order valence-corrected chi connectivity index (χ3v) is 6.67. The Hall–Kier alpha value is -4.94. The van der Waals surface area contributed by atoms with Crippen LogP contribution in [0.5, 0.6) is 0 Å². The van der Waals surface area contributed by atoms with E-state index in [4.69, 9.17) is 31.2 Å². The molecule has 0 bridgehead atoms. The van der Waals surface area contributed by atoms with Crippen LogP contribution in [0.1, 0.15) is 37.3 Å². The number of aromatic nitrogens is 2. The minimum absolute atomic E-state index is 0.161. The van der Waals surface area contributed by atoms with Gasteiger partial charge >= 0.3 is 23.6 Å². The van der Waals surface area contributed by atoms with Gasteiger partial charge in [-0.05, 0) is 36.4 Å². The summed E-state index contributed by atoms with van der Waals surface area (Å²) in [7, 11) is 0. The molecule has 0 amide bonds. The lowest BCUT2D eigenvalue weighted by Crippen LogP contribution is -2.42. The molecule has 42 heavy (non-hydrogen) atoms. The molecule has 1 fully saturated rings. The molecule has 5 rings (SSSR count). The molecule has 1 aliphatic heterocycles. The molecule has 0 radical (unpaired) electrons. The molecule has 0 saturated carbocycles. The molecule has 0 aliphatic carbocycles. The molecule has 1 N–H and O–H groups in total. The number of esters is 3. The smallest absolute Gasteiger partial charge is 0.338 e. The predicted octanol–water partition coefficient (Wildman–Crippen LogP) is 4.25. The summed E-state index contributed by atoms with van der Waals surface area (Å²) in [6.07, 6.45) is -4.81. The van der Waals surface area contributed by atoms with Crippen LogP contribution in [0.25, 0.3) is 0 Å². The number of carbonyl (C=O) groups is 3. The molecule has 1 aromatic heterocycles. The van der Waals surface area contributed by atoms with E-state index in [1.165, 1.54) is 24.3 Å². The maximum Gasteiger partial charge on any atom is 0.338 e. The first-order valence-electron chi connectivity index (χ1n) is 12.7. The van der Waals surface area contributed by atoms with Gasteiger partial charge in [-0.1, -0.05) is 66.8 Å². The van der Waals surface area contributed by atoms with Crippen LogP contribution in [0.4, 0.5) is 4.39 Å². The molecule has 2 heterocycles. The highest BCUT2D eigenvalue weighted by Crippen LogP contribution is 2.35. The molecule has 0 unspecified atom stereocenters. The molecule has 0 spiro atoms. The van der Waals surface area contributed by atoms with E-state index in [-0.39, 0.29) is 16.7 Å². The van der Waals surface area contributed by atoms with E-state index in [2.05, 4.69) is 4.98 Å². The van der Waals surface area contributed by atoms with Crippen molar-refractivity contribution in [1.82, 2.24) is 9.55 Å². The highest BCUT2D eigenvalue weighted by molar-refractivity contribution is 7.71. The molecular weight excluding hydrogens is 567 g/mol. The molecule has 1 aliphatic rings. The van der Waals surface area contributed by atoms with Gasteiger partial charge in [0, 0.05) is 0 Å². The Morgan fingerprint density at radius 2 is 1.26 bits per heavy atom. The first-order valence-corrected chi connectivity index (χ1v) is 13.1. The second-order valence-corrected chi connectivity index (χ2v) is 9.55. The van der Waals surface area contributed by atoms with Crippen molar-refractivity contribution in [3.63, 3.8) is 0 Å². The van der Waals surface area contributed by atoms with Gasteiger partial charge in [0.2, 0.25) is 0 Å². The lowest BCUT2D eigenvalue weighted by Gasteiger charge is -2.25. The van der Waals surface area contributed by atoms with E-state index in [1.807, 2.05) is 0 Å². The van der Waals surface area contributed by atoms with Gasteiger partial charge in [-0.25, -0.2) is 23.6 Å². The molecule has 3 aromatic carbocycles. The summed E-state index contributed by atoms with van der Waals surface area (Å²) in [5.41, 5.74) is -0.274. The van der Waals surface area contributed by atoms with Gasteiger partial charge in [-0.2, -0.15) is 0 Å². The molecule has 4 atom stereocenters. The third-order valence-electron chi connectivity index (χ3n) is 6.38. The first-order chi connectivity index (χ1) is 20.3. The number of aromatic amines is 1. The van der Waals surface area contributed by atoms with Crippen LogP contribution in [0.2, 0.25) is 0 Å². The maximum atomic E-state index is 14.5. The summed E-state index contributed by atoms with van der Waals surface area (Å²) in [5, 5.41) is 0. The number of nitrogens with zero attached hydrogens (tertiary/aromatic N) is 1. The zero-order valence-electron chi connectivity index (χ0n) is 21.8. The van der Waals surface area contributed by atoms with Gasteiger partial charge in [0.25, 0.3) is 0 Å². The summed E-state index contributed by atoms with van der Waals surface area (Å²) in [6.45, 7) is -0.462. The lowest BCUT2D eigenvalue weighted by atomic mass is 10.1. The van der Waals surface area contributed by atoms with E-state index in [0.717, 1.165) is 10.8 Å². The fourth-order valence-electron chi connectivity index (χ4n) is 4.33. The standard InChI is InChI=1S/C30H23FN2O8S/c31-21-16-33(30(37)32-25(21)42)26-24(41-29(36)20-14-8-3-9-15-20)23(40-28(35)19-12-6-2-7-13-19)22(39-26)17-38-27(34)18-10-4-1-5-11-18/h1-16,22-24,26H,17H2,(H,32,37,42)/t22-,23-,24-,26-/m0/s1. The van der Waals surface area contributed by atoms with Crippen LogP contribution in [0.3, 0.4) is 0 Å². The molecule has 1 saturated heterocycles. The molecular formula is C30H23FN2O8S. The first kappa shape index (κ1) is 28.6. The van der Waals surface area contributed by atoms with Crippen LogP contribution in [0.15, 0.2) is 102 Å². The topological polar surface area (TPSA) is 126 Å². The fourth-order valence-corrected chi connectivity index (χ4v) is 4.47. The average molecular weight is 591 g/mol. The number of nitrogens with one attached hydrogen (secondary N) is 1. The Bertz CT molecular complexity index is 1700. The number of rotatable bonds is 8. The highest BCUT2D eigenvalue weighted by Gasteiger charge is 2.51. The molecule has 12 heteroatoms. The van der Waals surface area contributed by atoms with Gasteiger partial charge in [0.15, 0.2) is 24.3 Å². The summed E-state index contributed by atoms with van der Waals surface area (Å²) in [6, 6.07) is 24.1. The number of hydrogen-bond donors (Lipinski definition) is 1. The van der Waals surface area contributed by atoms with Crippen molar-refractivity contribution in [2.24, 2.45) is 0 Å². The van der Waals surface area contributed by atoms with Crippen LogP contribution >= 0.6 is 12.2 Å². The zero-order chi connectivity index (χ0) is 29.6. The summed E-state index contributed by atoms with van der Waals surface area (Å²) in [4.78, 5) is 54.0. The number of benzene rings is 3. The van der Waals surface area contributed by atoms with Crippen molar-refractivity contribution < 1.29 is 37.7 Å². The van der Waals surface area contributed by atoms with Crippen molar-refractivity contribution in [3.05, 3.63) is 135 Å². The Balaban J connectivity index is 1.52. The quantitative estimate of drug-likeness (QED) is 0.182. The van der Waals surface area contributed by atoms with E-state index in [9.17, 15) is 23.6 Å². The van der Waals surface area contributed by atoms with Gasteiger partial charge < -0.3 is 18.9 Å². The van der Waals surface area contributed by atoms with Crippen molar-refractivity contribution in [3.8, 4) is 0 Å². The SMILES string of the molecule is O=C(OC[C@@H]1O[C@H](n2cc(F)c(=S)[nH]c2=O)[C@@H](OC(=O)c2ccccc2)[C@H]1OC(=O)c1ccccc1)c1ccccc1. The number of H-pyrrole nitrogens is 1. The van der Waals surface area contributed by atoms with Crippen molar-refractivity contribution in [1.29, 1.82) is 0 Å². The summed E-state index contributed by atoms with van der Waals surface area (Å²) < 4.78 is 37.9. The summed E-state index contributed by atoms with van der Waals surface area (Å²) in [5.74, 6) is -3.26. The van der Waals surface area contributed by atoms with Crippen LogP contribution in [-0.4, -0.2) is 52.4 Å². The minimum atomic E-state index is -1.50. The number of hydrogen-bond acceptors (Lipinski definition) is 9. The second kappa shape index (κ2) is 12.7. The number of halogens is 1. The minimum Gasteiger partial charge on any atom is -0.459 e. The van der Waals surface area contributed by atoms with Crippen molar-refractivity contribution >= 4 is 30.1 Å². The summed E-state index contributed by atoms with van der Waals surface area (Å²) >= 11 is 4.82. The Morgan fingerprint density at radius 1 is 0.786 bits per heavy atom. The van der Waals surface area contributed by atoms with Crippen LogP contribution < -0.4 is 5.69 Å². The van der Waals surface area contributed by atoms with Gasteiger partial charge in [0.05, 0.1) is 22.9 Å².